The van der Waals surface area contributed by atoms with Gasteiger partial charge in [0, 0.05) is 5.92 Å². The van der Waals surface area contributed by atoms with E-state index < -0.39 is 6.10 Å². The zero-order valence-electron chi connectivity index (χ0n) is 8.92. The SMILES string of the molecule is CC(O)C(C)NC(=O)C1CCNCC1. The molecule has 4 heteroatoms. The fourth-order valence-electron chi connectivity index (χ4n) is 1.55. The molecule has 0 saturated carbocycles. The van der Waals surface area contributed by atoms with Gasteiger partial charge in [0.1, 0.15) is 0 Å². The second kappa shape index (κ2) is 5.32. The molecule has 1 aliphatic rings. The first-order valence-corrected chi connectivity index (χ1v) is 5.30. The molecule has 0 spiro atoms. The van der Waals surface area contributed by atoms with Gasteiger partial charge in [0.05, 0.1) is 12.1 Å². The fourth-order valence-corrected chi connectivity index (χ4v) is 1.55. The van der Waals surface area contributed by atoms with Gasteiger partial charge in [-0.3, -0.25) is 4.79 Å². The van der Waals surface area contributed by atoms with E-state index in [0.29, 0.717) is 0 Å². The molecule has 0 aromatic heterocycles. The quantitative estimate of drug-likeness (QED) is 0.595. The summed E-state index contributed by atoms with van der Waals surface area (Å²) in [6, 6.07) is -0.155. The predicted octanol–water partition coefficient (Wildman–Crippen LogP) is -0.128. The van der Waals surface area contributed by atoms with Crippen molar-refractivity contribution in [2.75, 3.05) is 13.1 Å². The van der Waals surface area contributed by atoms with Crippen molar-refractivity contribution >= 4 is 5.91 Å². The maximum absolute atomic E-state index is 11.7. The zero-order chi connectivity index (χ0) is 10.6. The third kappa shape index (κ3) is 3.27. The molecule has 1 heterocycles. The number of nitrogens with one attached hydrogen (secondary N) is 2. The van der Waals surface area contributed by atoms with Crippen molar-refractivity contribution in [2.24, 2.45) is 5.92 Å². The number of hydrogen-bond donors (Lipinski definition) is 3. The van der Waals surface area contributed by atoms with Gasteiger partial charge in [-0.2, -0.15) is 0 Å². The first-order chi connectivity index (χ1) is 6.61. The van der Waals surface area contributed by atoms with Crippen molar-refractivity contribution in [3.63, 3.8) is 0 Å². The molecule has 82 valence electrons. The number of carbonyl (C=O) groups excluding carboxylic acids is 1. The molecule has 4 nitrogen and oxygen atoms in total. The van der Waals surface area contributed by atoms with Gasteiger partial charge in [-0.25, -0.2) is 0 Å². The van der Waals surface area contributed by atoms with Crippen molar-refractivity contribution in [1.82, 2.24) is 10.6 Å². The molecule has 3 N–H and O–H groups in total. The lowest BCUT2D eigenvalue weighted by Gasteiger charge is -2.24. The topological polar surface area (TPSA) is 61.4 Å². The molecule has 0 aromatic rings. The number of amides is 1. The third-order valence-corrected chi connectivity index (χ3v) is 2.80. The second-order valence-corrected chi connectivity index (χ2v) is 4.06. The van der Waals surface area contributed by atoms with Gasteiger partial charge in [0.25, 0.3) is 0 Å². The number of rotatable bonds is 3. The van der Waals surface area contributed by atoms with Gasteiger partial charge in [-0.15, -0.1) is 0 Å². The highest BCUT2D eigenvalue weighted by molar-refractivity contribution is 5.79. The third-order valence-electron chi connectivity index (χ3n) is 2.80. The average Bonchev–Trinajstić information content (AvgIpc) is 2.19. The van der Waals surface area contributed by atoms with Crippen molar-refractivity contribution in [2.45, 2.75) is 38.8 Å². The first-order valence-electron chi connectivity index (χ1n) is 5.30. The second-order valence-electron chi connectivity index (χ2n) is 4.06. The number of hydrogen-bond acceptors (Lipinski definition) is 3. The van der Waals surface area contributed by atoms with E-state index in [-0.39, 0.29) is 17.9 Å². The Kier molecular flexibility index (Phi) is 4.35. The van der Waals surface area contributed by atoms with E-state index in [1.807, 2.05) is 6.92 Å². The Morgan fingerprint density at radius 3 is 2.50 bits per heavy atom. The fraction of sp³-hybridized carbons (Fsp3) is 0.900. The van der Waals surface area contributed by atoms with E-state index in [1.165, 1.54) is 0 Å². The van der Waals surface area contributed by atoms with Crippen LogP contribution in [0.3, 0.4) is 0 Å². The summed E-state index contributed by atoms with van der Waals surface area (Å²) in [6.07, 6.45) is 1.32. The van der Waals surface area contributed by atoms with E-state index in [1.54, 1.807) is 6.92 Å². The van der Waals surface area contributed by atoms with Gasteiger partial charge >= 0.3 is 0 Å². The minimum Gasteiger partial charge on any atom is -0.391 e. The van der Waals surface area contributed by atoms with E-state index >= 15 is 0 Å². The van der Waals surface area contributed by atoms with Crippen LogP contribution in [0.4, 0.5) is 0 Å². The highest BCUT2D eigenvalue weighted by Gasteiger charge is 2.22. The van der Waals surface area contributed by atoms with Crippen LogP contribution in [0.2, 0.25) is 0 Å². The molecule has 2 unspecified atom stereocenters. The van der Waals surface area contributed by atoms with Crippen LogP contribution in [0, 0.1) is 5.92 Å². The van der Waals surface area contributed by atoms with Gasteiger partial charge in [0.15, 0.2) is 0 Å². The maximum atomic E-state index is 11.7. The molecule has 0 aromatic carbocycles. The van der Waals surface area contributed by atoms with E-state index in [2.05, 4.69) is 10.6 Å². The summed E-state index contributed by atoms with van der Waals surface area (Å²) in [5.74, 6) is 0.206. The van der Waals surface area contributed by atoms with Crippen LogP contribution in [0.5, 0.6) is 0 Å². The molecule has 14 heavy (non-hydrogen) atoms. The van der Waals surface area contributed by atoms with Crippen molar-refractivity contribution in [1.29, 1.82) is 0 Å². The summed E-state index contributed by atoms with van der Waals surface area (Å²) < 4.78 is 0. The zero-order valence-corrected chi connectivity index (χ0v) is 8.92. The summed E-state index contributed by atoms with van der Waals surface area (Å²) in [5.41, 5.74) is 0. The summed E-state index contributed by atoms with van der Waals surface area (Å²) in [4.78, 5) is 11.7. The minimum absolute atomic E-state index is 0.0832. The number of carbonyl (C=O) groups is 1. The molecule has 1 rings (SSSR count). The molecule has 1 aliphatic heterocycles. The Labute approximate surface area is 85.1 Å². The van der Waals surface area contributed by atoms with Gasteiger partial charge in [-0.1, -0.05) is 0 Å². The lowest BCUT2D eigenvalue weighted by molar-refractivity contribution is -0.127. The van der Waals surface area contributed by atoms with Crippen LogP contribution >= 0.6 is 0 Å². The van der Waals surface area contributed by atoms with E-state index in [9.17, 15) is 9.90 Å². The lowest BCUT2D eigenvalue weighted by atomic mass is 9.97. The number of aliphatic hydroxyl groups is 1. The maximum Gasteiger partial charge on any atom is 0.223 e. The van der Waals surface area contributed by atoms with Crippen molar-refractivity contribution in [3.8, 4) is 0 Å². The Morgan fingerprint density at radius 2 is 2.00 bits per heavy atom. The Hall–Kier alpha value is -0.610. The number of aliphatic hydroxyl groups excluding tert-OH is 1. The predicted molar refractivity (Wildman–Crippen MR) is 54.9 cm³/mol. The molecule has 0 bridgehead atoms. The normalized spacial score (nSPS) is 22.8. The van der Waals surface area contributed by atoms with Crippen LogP contribution in [-0.2, 0) is 4.79 Å². The molecule has 1 amide bonds. The number of piperidine rings is 1. The Bertz CT molecular complexity index is 189. The minimum atomic E-state index is -0.485. The molecule has 2 atom stereocenters. The summed E-state index contributed by atoms with van der Waals surface area (Å²) in [6.45, 7) is 5.35. The molecular weight excluding hydrogens is 180 g/mol. The molecule has 0 radical (unpaired) electrons. The summed E-state index contributed by atoms with van der Waals surface area (Å²) >= 11 is 0. The standard InChI is InChI=1S/C10H20N2O2/c1-7(8(2)13)12-10(14)9-3-5-11-6-4-9/h7-9,11,13H,3-6H2,1-2H3,(H,12,14). The Morgan fingerprint density at radius 1 is 1.43 bits per heavy atom. The summed E-state index contributed by atoms with van der Waals surface area (Å²) in [5, 5.41) is 15.3. The monoisotopic (exact) mass is 200 g/mol. The van der Waals surface area contributed by atoms with Crippen LogP contribution in [-0.4, -0.2) is 36.2 Å². The van der Waals surface area contributed by atoms with E-state index in [0.717, 1.165) is 25.9 Å². The smallest absolute Gasteiger partial charge is 0.223 e. The average molecular weight is 200 g/mol. The van der Waals surface area contributed by atoms with Crippen LogP contribution in [0.1, 0.15) is 26.7 Å². The first kappa shape index (κ1) is 11.5. The van der Waals surface area contributed by atoms with Crippen LogP contribution < -0.4 is 10.6 Å². The molecule has 0 aliphatic carbocycles. The van der Waals surface area contributed by atoms with Gasteiger partial charge in [0.2, 0.25) is 5.91 Å². The molecular formula is C10H20N2O2. The largest absolute Gasteiger partial charge is 0.391 e. The highest BCUT2D eigenvalue weighted by atomic mass is 16.3. The van der Waals surface area contributed by atoms with Gasteiger partial charge in [-0.05, 0) is 39.8 Å². The van der Waals surface area contributed by atoms with Crippen molar-refractivity contribution < 1.29 is 9.90 Å². The Balaban J connectivity index is 2.33. The van der Waals surface area contributed by atoms with Gasteiger partial charge < -0.3 is 15.7 Å². The summed E-state index contributed by atoms with van der Waals surface area (Å²) in [7, 11) is 0. The lowest BCUT2D eigenvalue weighted by Crippen LogP contribution is -2.45. The van der Waals surface area contributed by atoms with Crippen LogP contribution in [0.25, 0.3) is 0 Å². The van der Waals surface area contributed by atoms with Crippen molar-refractivity contribution in [3.05, 3.63) is 0 Å². The van der Waals surface area contributed by atoms with Crippen LogP contribution in [0.15, 0.2) is 0 Å². The highest BCUT2D eigenvalue weighted by Crippen LogP contribution is 2.11. The molecule has 1 fully saturated rings. The molecule has 1 saturated heterocycles. The van der Waals surface area contributed by atoms with E-state index in [4.69, 9.17) is 0 Å².